The van der Waals surface area contributed by atoms with Crippen molar-refractivity contribution in [3.63, 3.8) is 0 Å². The number of aliphatic hydroxyl groups excluding tert-OH is 2. The molecule has 3 N–H and O–H groups in total. The summed E-state index contributed by atoms with van der Waals surface area (Å²) < 4.78 is 5.45. The zero-order valence-electron chi connectivity index (χ0n) is 43.3. The average Bonchev–Trinajstić information content (AvgIpc) is 3.29. The molecule has 0 spiro atoms. The van der Waals surface area contributed by atoms with Gasteiger partial charge in [0, 0.05) is 12.8 Å². The van der Waals surface area contributed by atoms with E-state index < -0.39 is 12.1 Å². The lowest BCUT2D eigenvalue weighted by atomic mass is 10.0. The number of nitrogens with one attached hydrogen (secondary N) is 1. The maximum Gasteiger partial charge on any atom is 0.305 e. The fourth-order valence-corrected chi connectivity index (χ4v) is 9.11. The van der Waals surface area contributed by atoms with Crippen LogP contribution in [0.25, 0.3) is 0 Å². The van der Waals surface area contributed by atoms with E-state index in [4.69, 9.17) is 4.74 Å². The Morgan fingerprint density at radius 3 is 1.06 bits per heavy atom. The first-order valence-electron chi connectivity index (χ1n) is 29.0. The van der Waals surface area contributed by atoms with Crippen LogP contribution in [0.2, 0.25) is 0 Å². The summed E-state index contributed by atoms with van der Waals surface area (Å²) in [4.78, 5) is 24.5. The van der Waals surface area contributed by atoms with Crippen LogP contribution in [0.15, 0.2) is 12.2 Å². The van der Waals surface area contributed by atoms with Crippen molar-refractivity contribution in [3.05, 3.63) is 12.2 Å². The highest BCUT2D eigenvalue weighted by Crippen LogP contribution is 2.17. The predicted molar refractivity (Wildman–Crippen MR) is 278 cm³/mol. The third-order valence-electron chi connectivity index (χ3n) is 13.6. The zero-order chi connectivity index (χ0) is 46.5. The Labute approximate surface area is 399 Å². The summed E-state index contributed by atoms with van der Waals surface area (Å²) in [6.07, 6.45) is 63.7. The molecule has 0 aliphatic heterocycles. The third kappa shape index (κ3) is 50.0. The number of hydrogen-bond acceptors (Lipinski definition) is 5. The van der Waals surface area contributed by atoms with Gasteiger partial charge in [0.1, 0.15) is 0 Å². The molecule has 0 saturated carbocycles. The van der Waals surface area contributed by atoms with Crippen LogP contribution in [0.1, 0.15) is 322 Å². The summed E-state index contributed by atoms with van der Waals surface area (Å²) in [5.74, 6) is -0.0779. The summed E-state index contributed by atoms with van der Waals surface area (Å²) in [5.41, 5.74) is 0. The van der Waals surface area contributed by atoms with Gasteiger partial charge < -0.3 is 20.3 Å². The number of rotatable bonds is 54. The van der Waals surface area contributed by atoms with E-state index in [0.717, 1.165) is 57.8 Å². The maximum absolute atomic E-state index is 12.5. The Hall–Kier alpha value is -1.40. The van der Waals surface area contributed by atoms with Crippen molar-refractivity contribution in [1.29, 1.82) is 0 Å². The minimum atomic E-state index is -0.851. The Balaban J connectivity index is 3.47. The summed E-state index contributed by atoms with van der Waals surface area (Å²) in [6, 6.07) is -0.635. The topological polar surface area (TPSA) is 95.9 Å². The molecule has 0 aromatic carbocycles. The van der Waals surface area contributed by atoms with Gasteiger partial charge in [0.15, 0.2) is 0 Å². The third-order valence-corrected chi connectivity index (χ3v) is 13.6. The molecule has 6 nitrogen and oxygen atoms in total. The highest BCUT2D eigenvalue weighted by molar-refractivity contribution is 5.76. The molecule has 64 heavy (non-hydrogen) atoms. The SMILES string of the molecule is CCCCCCCCCCCCCCCCCCCCCC/C=C/C(O)C(CO)NC(=O)CCCCCCCCCCCCCCCCOC(=O)CCCCCCCCCCCCC. The number of esters is 1. The van der Waals surface area contributed by atoms with Crippen molar-refractivity contribution in [3.8, 4) is 0 Å². The van der Waals surface area contributed by atoms with Gasteiger partial charge in [0.2, 0.25) is 5.91 Å². The minimum Gasteiger partial charge on any atom is -0.466 e. The molecule has 1 amide bonds. The molecular formula is C58H113NO5. The summed E-state index contributed by atoms with van der Waals surface area (Å²) >= 11 is 0. The first kappa shape index (κ1) is 62.6. The molecule has 380 valence electrons. The van der Waals surface area contributed by atoms with E-state index in [9.17, 15) is 19.8 Å². The molecule has 0 rings (SSSR count). The smallest absolute Gasteiger partial charge is 0.305 e. The summed E-state index contributed by atoms with van der Waals surface area (Å²) in [5, 5.41) is 23.2. The van der Waals surface area contributed by atoms with Gasteiger partial charge in [0.05, 0.1) is 25.4 Å². The van der Waals surface area contributed by atoms with E-state index in [-0.39, 0.29) is 18.5 Å². The summed E-state index contributed by atoms with van der Waals surface area (Å²) in [7, 11) is 0. The Kier molecular flexibility index (Phi) is 53.0. The second-order valence-corrected chi connectivity index (χ2v) is 20.0. The van der Waals surface area contributed by atoms with Crippen LogP contribution < -0.4 is 5.32 Å². The van der Waals surface area contributed by atoms with E-state index in [1.165, 1.54) is 238 Å². The number of aliphatic hydroxyl groups is 2. The van der Waals surface area contributed by atoms with Gasteiger partial charge in [-0.3, -0.25) is 9.59 Å². The Morgan fingerprint density at radius 1 is 0.422 bits per heavy atom. The Bertz CT molecular complexity index is 955. The second kappa shape index (κ2) is 54.2. The van der Waals surface area contributed by atoms with Gasteiger partial charge >= 0.3 is 5.97 Å². The van der Waals surface area contributed by atoms with Crippen LogP contribution in [0.5, 0.6) is 0 Å². The van der Waals surface area contributed by atoms with Crippen molar-refractivity contribution < 1.29 is 24.5 Å². The number of unbranched alkanes of at least 4 members (excludes halogenated alkanes) is 43. The first-order chi connectivity index (χ1) is 31.5. The number of carbonyl (C=O) groups excluding carboxylic acids is 2. The van der Waals surface area contributed by atoms with E-state index in [1.807, 2.05) is 6.08 Å². The fraction of sp³-hybridized carbons (Fsp3) is 0.931. The zero-order valence-corrected chi connectivity index (χ0v) is 43.3. The minimum absolute atomic E-state index is 0.00297. The Morgan fingerprint density at radius 2 is 0.719 bits per heavy atom. The monoisotopic (exact) mass is 904 g/mol. The van der Waals surface area contributed by atoms with Crippen molar-refractivity contribution in [2.24, 2.45) is 0 Å². The molecular weight excluding hydrogens is 791 g/mol. The van der Waals surface area contributed by atoms with Crippen LogP contribution in [-0.2, 0) is 14.3 Å². The lowest BCUT2D eigenvalue weighted by molar-refractivity contribution is -0.143. The molecule has 0 fully saturated rings. The average molecular weight is 905 g/mol. The largest absolute Gasteiger partial charge is 0.466 e. The first-order valence-corrected chi connectivity index (χ1v) is 29.0. The van der Waals surface area contributed by atoms with Crippen molar-refractivity contribution >= 4 is 11.9 Å². The van der Waals surface area contributed by atoms with Crippen LogP contribution in [0.4, 0.5) is 0 Å². The molecule has 0 aliphatic carbocycles. The normalized spacial score (nSPS) is 12.6. The predicted octanol–water partition coefficient (Wildman–Crippen LogP) is 17.7. The van der Waals surface area contributed by atoms with Crippen molar-refractivity contribution in [2.45, 2.75) is 334 Å². The lowest BCUT2D eigenvalue weighted by Crippen LogP contribution is -2.45. The summed E-state index contributed by atoms with van der Waals surface area (Å²) in [6.45, 7) is 4.90. The number of ether oxygens (including phenoxy) is 1. The van der Waals surface area contributed by atoms with Crippen molar-refractivity contribution in [2.75, 3.05) is 13.2 Å². The van der Waals surface area contributed by atoms with Crippen LogP contribution in [-0.4, -0.2) is 47.4 Å². The van der Waals surface area contributed by atoms with E-state index in [1.54, 1.807) is 6.08 Å². The molecule has 0 radical (unpaired) electrons. The molecule has 2 unspecified atom stereocenters. The molecule has 0 aromatic heterocycles. The number of carbonyl (C=O) groups is 2. The second-order valence-electron chi connectivity index (χ2n) is 20.0. The lowest BCUT2D eigenvalue weighted by Gasteiger charge is -2.20. The van der Waals surface area contributed by atoms with Crippen LogP contribution in [0.3, 0.4) is 0 Å². The van der Waals surface area contributed by atoms with Gasteiger partial charge in [-0.25, -0.2) is 0 Å². The van der Waals surface area contributed by atoms with E-state index in [0.29, 0.717) is 19.4 Å². The fourth-order valence-electron chi connectivity index (χ4n) is 9.11. The molecule has 0 aliphatic rings. The number of amides is 1. The quantitative estimate of drug-likeness (QED) is 0.0321. The van der Waals surface area contributed by atoms with Gasteiger partial charge in [-0.15, -0.1) is 0 Å². The molecule has 6 heteroatoms. The molecule has 0 heterocycles. The highest BCUT2D eigenvalue weighted by atomic mass is 16.5. The highest BCUT2D eigenvalue weighted by Gasteiger charge is 2.18. The van der Waals surface area contributed by atoms with Crippen LogP contribution in [0, 0.1) is 0 Å². The maximum atomic E-state index is 12.5. The molecule has 0 bridgehead atoms. The van der Waals surface area contributed by atoms with E-state index in [2.05, 4.69) is 19.2 Å². The molecule has 0 saturated heterocycles. The van der Waals surface area contributed by atoms with Gasteiger partial charge in [-0.2, -0.15) is 0 Å². The van der Waals surface area contributed by atoms with Gasteiger partial charge in [-0.1, -0.05) is 289 Å². The standard InChI is InChI=1S/C58H113NO5/c1-3-5-7-9-11-13-15-16-17-18-19-20-21-22-23-24-27-31-34-38-42-46-50-56(61)55(54-60)59-57(62)51-47-43-39-35-32-28-25-26-29-33-37-41-45-49-53-64-58(63)52-48-44-40-36-30-14-12-10-8-6-4-2/h46,50,55-56,60-61H,3-45,47-49,51-54H2,1-2H3,(H,59,62)/b50-46+. The van der Waals surface area contributed by atoms with Gasteiger partial charge in [-0.05, 0) is 32.1 Å². The number of hydrogen-bond donors (Lipinski definition) is 3. The van der Waals surface area contributed by atoms with Gasteiger partial charge in [0.25, 0.3) is 0 Å². The molecule has 2 atom stereocenters. The molecule has 0 aromatic rings. The van der Waals surface area contributed by atoms with Crippen molar-refractivity contribution in [1.82, 2.24) is 5.32 Å². The van der Waals surface area contributed by atoms with E-state index >= 15 is 0 Å². The number of allylic oxidation sites excluding steroid dienone is 1. The van der Waals surface area contributed by atoms with Crippen LogP contribution >= 0.6 is 0 Å².